The average molecular weight is 344 g/mol. The minimum atomic E-state index is -0.137. The number of anilines is 1. The van der Waals surface area contributed by atoms with Gasteiger partial charge in [0.2, 0.25) is 0 Å². The van der Waals surface area contributed by atoms with Crippen molar-refractivity contribution in [3.63, 3.8) is 0 Å². The molecule has 2 aromatic rings. The molecule has 0 aliphatic carbocycles. The molecule has 7 heteroatoms. The zero-order valence-corrected chi connectivity index (χ0v) is 14.4. The summed E-state index contributed by atoms with van der Waals surface area (Å²) < 4.78 is 1.10. The van der Waals surface area contributed by atoms with Crippen LogP contribution in [0, 0.1) is 0 Å². The Morgan fingerprint density at radius 2 is 2.08 bits per heavy atom. The summed E-state index contributed by atoms with van der Waals surface area (Å²) in [6, 6.07) is 7.92. The maximum absolute atomic E-state index is 12.6. The standard InChI is InChI=1S/C17H20N4O2S/c1-20-15(22)18-11-17(20)6-8-21(9-7-17)16(23)19-13-4-2-3-12-5-10-24-14(12)13/h2-5,10H,6-9,11H2,1H3,(H,18,22)(H,19,23). The summed E-state index contributed by atoms with van der Waals surface area (Å²) >= 11 is 1.63. The molecule has 2 fully saturated rings. The monoisotopic (exact) mass is 344 g/mol. The van der Waals surface area contributed by atoms with Crippen molar-refractivity contribution in [1.29, 1.82) is 0 Å². The second kappa shape index (κ2) is 5.66. The van der Waals surface area contributed by atoms with Gasteiger partial charge in [0.1, 0.15) is 0 Å². The molecule has 24 heavy (non-hydrogen) atoms. The van der Waals surface area contributed by atoms with E-state index >= 15 is 0 Å². The highest BCUT2D eigenvalue weighted by Crippen LogP contribution is 2.32. The van der Waals surface area contributed by atoms with Crippen LogP contribution in [0.4, 0.5) is 15.3 Å². The molecule has 6 nitrogen and oxygen atoms in total. The van der Waals surface area contributed by atoms with E-state index in [0.717, 1.165) is 28.6 Å². The Hall–Kier alpha value is -2.28. The molecule has 126 valence electrons. The average Bonchev–Trinajstić information content (AvgIpc) is 3.18. The fraction of sp³-hybridized carbons (Fsp3) is 0.412. The normalized spacial score (nSPS) is 19.8. The number of fused-ring (bicyclic) bond motifs is 1. The van der Waals surface area contributed by atoms with E-state index in [1.807, 2.05) is 35.5 Å². The number of benzene rings is 1. The van der Waals surface area contributed by atoms with Gasteiger partial charge in [-0.3, -0.25) is 0 Å². The Labute approximate surface area is 144 Å². The number of carbonyl (C=O) groups is 2. The molecule has 4 amide bonds. The number of carbonyl (C=O) groups excluding carboxylic acids is 2. The molecule has 0 atom stereocenters. The SMILES string of the molecule is CN1C(=O)NCC12CCN(C(=O)Nc1cccc3ccsc13)CC2. The molecule has 4 rings (SSSR count). The van der Waals surface area contributed by atoms with E-state index in [2.05, 4.69) is 16.7 Å². The predicted octanol–water partition coefficient (Wildman–Crippen LogP) is 2.92. The Morgan fingerprint density at radius 3 is 2.79 bits per heavy atom. The number of rotatable bonds is 1. The smallest absolute Gasteiger partial charge is 0.321 e. The molecule has 2 aliphatic rings. The van der Waals surface area contributed by atoms with Gasteiger partial charge in [-0.25, -0.2) is 9.59 Å². The molecule has 0 radical (unpaired) electrons. The summed E-state index contributed by atoms with van der Waals surface area (Å²) in [7, 11) is 1.84. The van der Waals surface area contributed by atoms with Crippen molar-refractivity contribution in [3.05, 3.63) is 29.6 Å². The van der Waals surface area contributed by atoms with Gasteiger partial charge >= 0.3 is 12.1 Å². The van der Waals surface area contributed by atoms with E-state index in [1.165, 1.54) is 0 Å². The van der Waals surface area contributed by atoms with Gasteiger partial charge in [0.25, 0.3) is 0 Å². The first-order chi connectivity index (χ1) is 11.6. The van der Waals surface area contributed by atoms with E-state index in [-0.39, 0.29) is 17.6 Å². The molecule has 3 heterocycles. The number of urea groups is 2. The summed E-state index contributed by atoms with van der Waals surface area (Å²) in [5, 5.41) is 9.12. The molecule has 0 bridgehead atoms. The molecular formula is C17H20N4O2S. The number of hydrogen-bond donors (Lipinski definition) is 2. The van der Waals surface area contributed by atoms with Crippen molar-refractivity contribution in [3.8, 4) is 0 Å². The first-order valence-corrected chi connectivity index (χ1v) is 9.01. The fourth-order valence-corrected chi connectivity index (χ4v) is 4.49. The lowest BCUT2D eigenvalue weighted by Gasteiger charge is -2.42. The van der Waals surface area contributed by atoms with Crippen LogP contribution in [-0.4, -0.2) is 54.1 Å². The first kappa shape index (κ1) is 15.3. The lowest BCUT2D eigenvalue weighted by Crippen LogP contribution is -2.54. The molecule has 1 spiro atoms. The van der Waals surface area contributed by atoms with Crippen LogP contribution in [0.5, 0.6) is 0 Å². The van der Waals surface area contributed by atoms with Gasteiger partial charge < -0.3 is 20.4 Å². The first-order valence-electron chi connectivity index (χ1n) is 8.13. The van der Waals surface area contributed by atoms with Crippen LogP contribution in [-0.2, 0) is 0 Å². The van der Waals surface area contributed by atoms with Gasteiger partial charge in [-0.05, 0) is 35.7 Å². The number of piperidine rings is 1. The van der Waals surface area contributed by atoms with Crippen molar-refractivity contribution in [2.75, 3.05) is 32.0 Å². The van der Waals surface area contributed by atoms with E-state index in [0.29, 0.717) is 19.6 Å². The zero-order chi connectivity index (χ0) is 16.7. The molecule has 1 aromatic carbocycles. The van der Waals surface area contributed by atoms with Crippen LogP contribution in [0.3, 0.4) is 0 Å². The highest BCUT2D eigenvalue weighted by molar-refractivity contribution is 7.17. The number of amides is 4. The van der Waals surface area contributed by atoms with E-state index in [1.54, 1.807) is 16.2 Å². The van der Waals surface area contributed by atoms with Crippen LogP contribution in [0.25, 0.3) is 10.1 Å². The summed E-state index contributed by atoms with van der Waals surface area (Å²) in [5.41, 5.74) is 0.726. The van der Waals surface area contributed by atoms with Crippen molar-refractivity contribution in [2.24, 2.45) is 0 Å². The number of likely N-dealkylation sites (tertiary alicyclic amines) is 1. The van der Waals surface area contributed by atoms with Gasteiger partial charge in [-0.1, -0.05) is 12.1 Å². The third-order valence-corrected chi connectivity index (χ3v) is 6.25. The van der Waals surface area contributed by atoms with Gasteiger partial charge in [0.05, 0.1) is 15.9 Å². The number of nitrogens with zero attached hydrogens (tertiary/aromatic N) is 2. The minimum Gasteiger partial charge on any atom is -0.336 e. The Bertz CT molecular complexity index is 795. The molecule has 0 saturated carbocycles. The van der Waals surface area contributed by atoms with Crippen molar-refractivity contribution in [1.82, 2.24) is 15.1 Å². The second-order valence-corrected chi connectivity index (χ2v) is 7.42. The summed E-state index contributed by atoms with van der Waals surface area (Å²) in [5.74, 6) is 0. The highest BCUT2D eigenvalue weighted by atomic mass is 32.1. The lowest BCUT2D eigenvalue weighted by molar-refractivity contribution is 0.106. The van der Waals surface area contributed by atoms with E-state index in [9.17, 15) is 9.59 Å². The van der Waals surface area contributed by atoms with Gasteiger partial charge in [0, 0.05) is 26.7 Å². The predicted molar refractivity (Wildman–Crippen MR) is 95.5 cm³/mol. The van der Waals surface area contributed by atoms with Crippen molar-refractivity contribution in [2.45, 2.75) is 18.4 Å². The third kappa shape index (κ3) is 2.39. The van der Waals surface area contributed by atoms with Gasteiger partial charge in [-0.15, -0.1) is 11.3 Å². The van der Waals surface area contributed by atoms with Crippen LogP contribution in [0.2, 0.25) is 0 Å². The minimum absolute atomic E-state index is 0.0164. The summed E-state index contributed by atoms with van der Waals surface area (Å²) in [6.07, 6.45) is 1.61. The molecule has 2 saturated heterocycles. The molecular weight excluding hydrogens is 324 g/mol. The number of thiophene rings is 1. The second-order valence-electron chi connectivity index (χ2n) is 6.50. The molecule has 0 unspecified atom stereocenters. The maximum atomic E-state index is 12.6. The van der Waals surface area contributed by atoms with E-state index < -0.39 is 0 Å². The summed E-state index contributed by atoms with van der Waals surface area (Å²) in [6.45, 7) is 1.99. The van der Waals surface area contributed by atoms with Crippen LogP contribution < -0.4 is 10.6 Å². The van der Waals surface area contributed by atoms with Crippen molar-refractivity contribution < 1.29 is 9.59 Å². The number of hydrogen-bond acceptors (Lipinski definition) is 3. The van der Waals surface area contributed by atoms with E-state index in [4.69, 9.17) is 0 Å². The van der Waals surface area contributed by atoms with Crippen LogP contribution in [0.15, 0.2) is 29.6 Å². The van der Waals surface area contributed by atoms with Crippen LogP contribution in [0.1, 0.15) is 12.8 Å². The van der Waals surface area contributed by atoms with Crippen molar-refractivity contribution >= 4 is 39.2 Å². The Balaban J connectivity index is 1.44. The number of nitrogens with one attached hydrogen (secondary N) is 2. The Kier molecular flexibility index (Phi) is 3.60. The molecule has 2 aliphatic heterocycles. The topological polar surface area (TPSA) is 64.7 Å². The Morgan fingerprint density at radius 1 is 1.29 bits per heavy atom. The number of likely N-dealkylation sites (N-methyl/N-ethyl adjacent to an activating group) is 1. The molecule has 1 aromatic heterocycles. The van der Waals surface area contributed by atoms with Crippen LogP contribution >= 0.6 is 11.3 Å². The summed E-state index contributed by atoms with van der Waals surface area (Å²) in [4.78, 5) is 28.0. The quantitative estimate of drug-likeness (QED) is 0.835. The zero-order valence-electron chi connectivity index (χ0n) is 13.5. The largest absolute Gasteiger partial charge is 0.336 e. The molecule has 2 N–H and O–H groups in total. The third-order valence-electron chi connectivity index (χ3n) is 5.29. The van der Waals surface area contributed by atoms with Gasteiger partial charge in [-0.2, -0.15) is 0 Å². The fourth-order valence-electron chi connectivity index (χ4n) is 3.62. The highest BCUT2D eigenvalue weighted by Gasteiger charge is 2.45. The van der Waals surface area contributed by atoms with Gasteiger partial charge in [0.15, 0.2) is 0 Å². The lowest BCUT2D eigenvalue weighted by atomic mass is 9.87. The maximum Gasteiger partial charge on any atom is 0.321 e.